The van der Waals surface area contributed by atoms with E-state index in [4.69, 9.17) is 17.0 Å². The molecule has 0 fully saturated rings. The Hall–Kier alpha value is -3.26. The molecule has 0 aliphatic rings. The molecule has 0 spiro atoms. The summed E-state index contributed by atoms with van der Waals surface area (Å²) in [6.45, 7) is 0. The van der Waals surface area contributed by atoms with Gasteiger partial charge in [-0.3, -0.25) is 13.9 Å². The van der Waals surface area contributed by atoms with Gasteiger partial charge in [-0.1, -0.05) is 18.2 Å². The number of aromatic hydroxyl groups is 1. The second-order valence-corrected chi connectivity index (χ2v) is 5.42. The Balaban J connectivity index is 2.37. The predicted molar refractivity (Wildman–Crippen MR) is 95.9 cm³/mol. The molecule has 0 unspecified atom stereocenters. The van der Waals surface area contributed by atoms with E-state index in [1.807, 2.05) is 0 Å². The van der Waals surface area contributed by atoms with Gasteiger partial charge >= 0.3 is 0 Å². The molecule has 3 aromatic rings. The van der Waals surface area contributed by atoms with Gasteiger partial charge < -0.3 is 9.84 Å². The van der Waals surface area contributed by atoms with Crippen LogP contribution in [0.2, 0.25) is 0 Å². The van der Waals surface area contributed by atoms with Gasteiger partial charge in [0.25, 0.3) is 5.56 Å². The monoisotopic (exact) mass is 355 g/mol. The first-order chi connectivity index (χ1) is 12.1. The van der Waals surface area contributed by atoms with E-state index in [2.05, 4.69) is 5.18 Å². The van der Waals surface area contributed by atoms with Crippen LogP contribution in [0.3, 0.4) is 0 Å². The fraction of sp³-hybridized carbons (Fsp3) is 0.0588. The van der Waals surface area contributed by atoms with Crippen LogP contribution in [0.1, 0.15) is 0 Å². The summed E-state index contributed by atoms with van der Waals surface area (Å²) in [6, 6.07) is 15.2. The smallest absolute Gasteiger partial charge is 0.292 e. The summed E-state index contributed by atoms with van der Waals surface area (Å²) in [4.78, 5) is 23.7. The third-order valence-corrected chi connectivity index (χ3v) is 4.01. The van der Waals surface area contributed by atoms with Gasteiger partial charge in [0.15, 0.2) is 4.77 Å². The molecule has 1 heterocycles. The Morgan fingerprint density at radius 1 is 1.00 bits per heavy atom. The number of hydrogen-bond donors (Lipinski definition) is 1. The molecule has 126 valence electrons. The fourth-order valence-electron chi connectivity index (χ4n) is 2.43. The van der Waals surface area contributed by atoms with Crippen LogP contribution >= 0.6 is 12.2 Å². The normalized spacial score (nSPS) is 10.4. The molecule has 0 aliphatic carbocycles. The minimum absolute atomic E-state index is 0.00580. The maximum atomic E-state index is 12.5. The summed E-state index contributed by atoms with van der Waals surface area (Å²) in [6.07, 6.45) is 0. The fourth-order valence-corrected chi connectivity index (χ4v) is 2.81. The zero-order chi connectivity index (χ0) is 18.0. The van der Waals surface area contributed by atoms with Crippen LogP contribution < -0.4 is 10.3 Å². The molecule has 0 bridgehead atoms. The van der Waals surface area contributed by atoms with E-state index in [9.17, 15) is 14.8 Å². The average Bonchev–Trinajstić information content (AvgIpc) is 2.63. The van der Waals surface area contributed by atoms with E-state index in [0.717, 1.165) is 4.57 Å². The summed E-state index contributed by atoms with van der Waals surface area (Å²) in [7, 11) is 1.53. The largest absolute Gasteiger partial charge is 0.497 e. The van der Waals surface area contributed by atoms with Gasteiger partial charge in [0, 0.05) is 0 Å². The molecule has 1 N–H and O–H groups in total. The van der Waals surface area contributed by atoms with Crippen molar-refractivity contribution in [1.82, 2.24) is 9.13 Å². The highest BCUT2D eigenvalue weighted by Gasteiger charge is 2.19. The van der Waals surface area contributed by atoms with Crippen molar-refractivity contribution in [3.8, 4) is 23.0 Å². The third-order valence-electron chi connectivity index (χ3n) is 3.65. The SMILES string of the molecule is COc1ccc(-n2c(O)c(N=O)c(=O)n(-c3ccccc3)c2=S)cc1. The molecule has 2 aromatic carbocycles. The Bertz CT molecular complexity index is 1040. The number of rotatable bonds is 4. The Morgan fingerprint density at radius 3 is 2.16 bits per heavy atom. The lowest BCUT2D eigenvalue weighted by Crippen LogP contribution is -2.23. The maximum absolute atomic E-state index is 12.5. The van der Waals surface area contributed by atoms with Gasteiger partial charge in [0.1, 0.15) is 5.75 Å². The quantitative estimate of drug-likeness (QED) is 0.572. The van der Waals surface area contributed by atoms with Gasteiger partial charge in [-0.25, -0.2) is 0 Å². The second kappa shape index (κ2) is 6.70. The van der Waals surface area contributed by atoms with Crippen molar-refractivity contribution in [3.05, 3.63) is 74.6 Å². The second-order valence-electron chi connectivity index (χ2n) is 5.06. The van der Waals surface area contributed by atoms with Crippen molar-refractivity contribution < 1.29 is 9.84 Å². The van der Waals surface area contributed by atoms with E-state index in [0.29, 0.717) is 17.1 Å². The molecule has 1 aromatic heterocycles. The number of nitrogens with zero attached hydrogens (tertiary/aromatic N) is 3. The highest BCUT2D eigenvalue weighted by atomic mass is 32.1. The summed E-state index contributed by atoms with van der Waals surface area (Å²) in [5.74, 6) is 0.00206. The molecule has 0 saturated heterocycles. The summed E-state index contributed by atoms with van der Waals surface area (Å²) < 4.78 is 7.46. The van der Waals surface area contributed by atoms with E-state index in [-0.39, 0.29) is 4.77 Å². The summed E-state index contributed by atoms with van der Waals surface area (Å²) in [5, 5.41) is 13.1. The van der Waals surface area contributed by atoms with Crippen LogP contribution in [0.5, 0.6) is 11.6 Å². The Kier molecular flexibility index (Phi) is 4.44. The van der Waals surface area contributed by atoms with E-state index < -0.39 is 17.1 Å². The van der Waals surface area contributed by atoms with Crippen LogP contribution in [0.4, 0.5) is 5.69 Å². The lowest BCUT2D eigenvalue weighted by Gasteiger charge is -2.15. The number of aromatic nitrogens is 2. The highest BCUT2D eigenvalue weighted by Crippen LogP contribution is 2.28. The van der Waals surface area contributed by atoms with Crippen molar-refractivity contribution in [2.75, 3.05) is 7.11 Å². The molecular weight excluding hydrogens is 342 g/mol. The first kappa shape index (κ1) is 16.6. The number of ether oxygens (including phenoxy) is 1. The number of para-hydroxylation sites is 1. The number of methoxy groups -OCH3 is 1. The van der Waals surface area contributed by atoms with Gasteiger partial charge in [0.2, 0.25) is 11.6 Å². The molecule has 25 heavy (non-hydrogen) atoms. The summed E-state index contributed by atoms with van der Waals surface area (Å²) >= 11 is 5.39. The van der Waals surface area contributed by atoms with Crippen molar-refractivity contribution >= 4 is 17.9 Å². The van der Waals surface area contributed by atoms with Crippen molar-refractivity contribution in [2.45, 2.75) is 0 Å². The Morgan fingerprint density at radius 2 is 1.60 bits per heavy atom. The van der Waals surface area contributed by atoms with Crippen molar-refractivity contribution in [1.29, 1.82) is 0 Å². The van der Waals surface area contributed by atoms with E-state index in [1.54, 1.807) is 54.6 Å². The molecule has 0 atom stereocenters. The molecule has 3 rings (SSSR count). The molecule has 0 aliphatic heterocycles. The lowest BCUT2D eigenvalue weighted by molar-refractivity contribution is 0.414. The van der Waals surface area contributed by atoms with Crippen LogP contribution in [0.15, 0.2) is 64.6 Å². The van der Waals surface area contributed by atoms with Crippen LogP contribution in [0.25, 0.3) is 11.4 Å². The standard InChI is InChI=1S/C17H13N3O4S/c1-24-13-9-7-12(8-10-13)20-16(22)14(18-23)15(21)19(17(20)25)11-5-3-2-4-6-11/h2-10,22H,1H3. The first-order valence-electron chi connectivity index (χ1n) is 7.22. The number of benzene rings is 2. The van der Waals surface area contributed by atoms with Crippen LogP contribution in [0, 0.1) is 9.68 Å². The van der Waals surface area contributed by atoms with E-state index in [1.165, 1.54) is 11.7 Å². The number of hydrogen-bond acceptors (Lipinski definition) is 6. The topological polar surface area (TPSA) is 85.8 Å². The van der Waals surface area contributed by atoms with Gasteiger partial charge in [-0.05, 0) is 53.8 Å². The molecule has 7 nitrogen and oxygen atoms in total. The van der Waals surface area contributed by atoms with Crippen LogP contribution in [-0.2, 0) is 0 Å². The minimum Gasteiger partial charge on any atom is -0.497 e. The molecule has 0 amide bonds. The number of nitroso groups, excluding NO2 is 1. The first-order valence-corrected chi connectivity index (χ1v) is 7.63. The average molecular weight is 355 g/mol. The third kappa shape index (κ3) is 2.83. The van der Waals surface area contributed by atoms with Crippen molar-refractivity contribution in [3.63, 3.8) is 0 Å². The highest BCUT2D eigenvalue weighted by molar-refractivity contribution is 7.71. The molecule has 0 saturated carbocycles. The zero-order valence-corrected chi connectivity index (χ0v) is 13.9. The maximum Gasteiger partial charge on any atom is 0.292 e. The van der Waals surface area contributed by atoms with Gasteiger partial charge in [-0.2, -0.15) is 0 Å². The van der Waals surface area contributed by atoms with Gasteiger partial charge in [-0.15, -0.1) is 4.91 Å². The molecular formula is C17H13N3O4S. The lowest BCUT2D eigenvalue weighted by atomic mass is 10.3. The molecule has 0 radical (unpaired) electrons. The molecule has 8 heteroatoms. The van der Waals surface area contributed by atoms with E-state index >= 15 is 0 Å². The Labute approximate surface area is 147 Å². The van der Waals surface area contributed by atoms with Gasteiger partial charge in [0.05, 0.1) is 18.5 Å². The summed E-state index contributed by atoms with van der Waals surface area (Å²) in [5.41, 5.74) is -0.482. The predicted octanol–water partition coefficient (Wildman–Crippen LogP) is 3.47. The zero-order valence-electron chi connectivity index (χ0n) is 13.1. The van der Waals surface area contributed by atoms with Crippen molar-refractivity contribution in [2.24, 2.45) is 5.18 Å². The minimum atomic E-state index is -0.784. The van der Waals surface area contributed by atoms with Crippen LogP contribution in [-0.4, -0.2) is 21.4 Å².